The zero-order chi connectivity index (χ0) is 17.4. The molecule has 2 aromatic carbocycles. The summed E-state index contributed by atoms with van der Waals surface area (Å²) in [5.41, 5.74) is 3.68. The number of hydrogen-bond donors (Lipinski definition) is 0. The van der Waals surface area contributed by atoms with Gasteiger partial charge in [-0.25, -0.2) is 4.98 Å². The Labute approximate surface area is 145 Å². The van der Waals surface area contributed by atoms with Crippen molar-refractivity contribution in [2.24, 2.45) is 7.05 Å². The van der Waals surface area contributed by atoms with Crippen LogP contribution in [0.2, 0.25) is 0 Å². The lowest BCUT2D eigenvalue weighted by Crippen LogP contribution is -2.33. The second-order valence-electron chi connectivity index (χ2n) is 6.45. The van der Waals surface area contributed by atoms with E-state index in [-0.39, 0.29) is 11.5 Å². The van der Waals surface area contributed by atoms with Crippen molar-refractivity contribution >= 4 is 16.8 Å². The largest absolute Gasteiger partial charge is 0.338 e. The molecule has 0 radical (unpaired) electrons. The number of benzene rings is 2. The molecule has 0 unspecified atom stereocenters. The summed E-state index contributed by atoms with van der Waals surface area (Å²) in [5.74, 6) is -0.00261. The van der Waals surface area contributed by atoms with E-state index in [0.29, 0.717) is 29.6 Å². The van der Waals surface area contributed by atoms with E-state index in [1.165, 1.54) is 22.0 Å². The molecule has 0 aliphatic carbocycles. The van der Waals surface area contributed by atoms with Crippen molar-refractivity contribution in [3.8, 4) is 0 Å². The molecule has 1 aliphatic heterocycles. The number of amides is 1. The molecule has 1 amide bonds. The molecule has 0 saturated carbocycles. The molecular formula is C20H19N3O2. The number of nitrogens with zero attached hydrogens (tertiary/aromatic N) is 3. The lowest BCUT2D eigenvalue weighted by atomic mass is 10.0. The number of aryl methyl sites for hydroxylation is 1. The standard InChI is InChI=1S/C20H19N3O2/c1-22-13-21-18-12-16(6-7-17(18)20(22)25)19(24)23-10-8-14-4-2-3-5-15(14)9-11-23/h2-7,12-13H,8-11H2,1H3. The molecule has 0 spiro atoms. The Bertz CT molecular complexity index is 996. The molecule has 0 N–H and O–H groups in total. The molecule has 5 nitrogen and oxygen atoms in total. The number of aromatic nitrogens is 2. The average molecular weight is 333 g/mol. The molecule has 5 heteroatoms. The Morgan fingerprint density at radius 2 is 1.72 bits per heavy atom. The van der Waals surface area contributed by atoms with Gasteiger partial charge in [0.05, 0.1) is 17.2 Å². The highest BCUT2D eigenvalue weighted by atomic mass is 16.2. The van der Waals surface area contributed by atoms with Gasteiger partial charge in [0.1, 0.15) is 0 Å². The Morgan fingerprint density at radius 3 is 2.40 bits per heavy atom. The third-order valence-electron chi connectivity index (χ3n) is 4.87. The van der Waals surface area contributed by atoms with Crippen LogP contribution in [-0.4, -0.2) is 33.4 Å². The summed E-state index contributed by atoms with van der Waals surface area (Å²) < 4.78 is 1.44. The second-order valence-corrected chi connectivity index (χ2v) is 6.45. The van der Waals surface area contributed by atoms with Gasteiger partial charge in [-0.3, -0.25) is 9.59 Å². The Balaban J connectivity index is 1.62. The van der Waals surface area contributed by atoms with E-state index in [1.807, 2.05) is 17.0 Å². The van der Waals surface area contributed by atoms with E-state index in [9.17, 15) is 9.59 Å². The molecule has 0 saturated heterocycles. The summed E-state index contributed by atoms with van der Waals surface area (Å²) in [7, 11) is 1.67. The van der Waals surface area contributed by atoms with Crippen LogP contribution in [0.5, 0.6) is 0 Å². The highest BCUT2D eigenvalue weighted by Crippen LogP contribution is 2.18. The summed E-state index contributed by atoms with van der Waals surface area (Å²) >= 11 is 0. The fraction of sp³-hybridized carbons (Fsp3) is 0.250. The maximum absolute atomic E-state index is 12.9. The van der Waals surface area contributed by atoms with Crippen LogP contribution in [0, 0.1) is 0 Å². The molecule has 1 aliphatic rings. The molecule has 3 aromatic rings. The van der Waals surface area contributed by atoms with Crippen LogP contribution in [0.1, 0.15) is 21.5 Å². The van der Waals surface area contributed by atoms with Crippen molar-refractivity contribution in [2.75, 3.05) is 13.1 Å². The summed E-state index contributed by atoms with van der Waals surface area (Å²) in [6, 6.07) is 13.5. The lowest BCUT2D eigenvalue weighted by Gasteiger charge is -2.20. The topological polar surface area (TPSA) is 55.2 Å². The number of carbonyl (C=O) groups is 1. The highest BCUT2D eigenvalue weighted by Gasteiger charge is 2.20. The van der Waals surface area contributed by atoms with Crippen LogP contribution >= 0.6 is 0 Å². The van der Waals surface area contributed by atoms with E-state index in [4.69, 9.17) is 0 Å². The molecule has 0 fully saturated rings. The van der Waals surface area contributed by atoms with E-state index < -0.39 is 0 Å². The molecule has 1 aromatic heterocycles. The smallest absolute Gasteiger partial charge is 0.260 e. The fourth-order valence-electron chi connectivity index (χ4n) is 3.40. The first-order valence-electron chi connectivity index (χ1n) is 8.45. The van der Waals surface area contributed by atoms with Crippen LogP contribution in [0.4, 0.5) is 0 Å². The van der Waals surface area contributed by atoms with E-state index in [0.717, 1.165) is 12.8 Å². The molecular weight excluding hydrogens is 314 g/mol. The zero-order valence-electron chi connectivity index (χ0n) is 14.1. The van der Waals surface area contributed by atoms with Gasteiger partial charge in [-0.2, -0.15) is 0 Å². The summed E-state index contributed by atoms with van der Waals surface area (Å²) in [6.07, 6.45) is 3.23. The third-order valence-corrected chi connectivity index (χ3v) is 4.87. The zero-order valence-corrected chi connectivity index (χ0v) is 14.1. The van der Waals surface area contributed by atoms with E-state index in [1.54, 1.807) is 25.2 Å². The van der Waals surface area contributed by atoms with Crippen molar-refractivity contribution in [1.29, 1.82) is 0 Å². The molecule has 126 valence electrons. The van der Waals surface area contributed by atoms with Gasteiger partial charge in [0.15, 0.2) is 0 Å². The SMILES string of the molecule is Cn1cnc2cc(C(=O)N3CCc4ccccc4CC3)ccc2c1=O. The third kappa shape index (κ3) is 2.82. The van der Waals surface area contributed by atoms with Gasteiger partial charge < -0.3 is 9.47 Å². The Hall–Kier alpha value is -2.95. The molecule has 25 heavy (non-hydrogen) atoms. The molecule has 0 bridgehead atoms. The minimum absolute atomic E-state index is 0.00261. The Kier molecular flexibility index (Phi) is 3.84. The van der Waals surface area contributed by atoms with Crippen LogP contribution < -0.4 is 5.56 Å². The lowest BCUT2D eigenvalue weighted by molar-refractivity contribution is 0.0763. The van der Waals surface area contributed by atoms with E-state index >= 15 is 0 Å². The number of rotatable bonds is 1. The van der Waals surface area contributed by atoms with Gasteiger partial charge in [-0.05, 0) is 42.2 Å². The minimum atomic E-state index is -0.103. The van der Waals surface area contributed by atoms with Crippen molar-refractivity contribution in [3.05, 3.63) is 75.8 Å². The minimum Gasteiger partial charge on any atom is -0.338 e. The summed E-state index contributed by atoms with van der Waals surface area (Å²) in [6.45, 7) is 1.41. The number of fused-ring (bicyclic) bond motifs is 2. The normalized spacial score (nSPS) is 14.2. The van der Waals surface area contributed by atoms with Gasteiger partial charge in [-0.15, -0.1) is 0 Å². The van der Waals surface area contributed by atoms with Gasteiger partial charge in [0.25, 0.3) is 11.5 Å². The highest BCUT2D eigenvalue weighted by molar-refractivity contribution is 5.97. The first-order valence-corrected chi connectivity index (χ1v) is 8.45. The predicted octanol–water partition coefficient (Wildman–Crippen LogP) is 2.17. The molecule has 2 heterocycles. The number of carbonyl (C=O) groups excluding carboxylic acids is 1. The molecule has 0 atom stereocenters. The van der Waals surface area contributed by atoms with Crippen LogP contribution in [0.25, 0.3) is 10.9 Å². The van der Waals surface area contributed by atoms with Gasteiger partial charge >= 0.3 is 0 Å². The second kappa shape index (κ2) is 6.16. The fourth-order valence-corrected chi connectivity index (χ4v) is 3.40. The van der Waals surface area contributed by atoms with Crippen molar-refractivity contribution < 1.29 is 4.79 Å². The first kappa shape index (κ1) is 15.6. The van der Waals surface area contributed by atoms with Gasteiger partial charge in [0.2, 0.25) is 0 Å². The number of hydrogen-bond acceptors (Lipinski definition) is 3. The quantitative estimate of drug-likeness (QED) is 0.686. The van der Waals surface area contributed by atoms with Crippen molar-refractivity contribution in [2.45, 2.75) is 12.8 Å². The maximum Gasteiger partial charge on any atom is 0.260 e. The van der Waals surface area contributed by atoms with E-state index in [2.05, 4.69) is 17.1 Å². The molecule has 4 rings (SSSR count). The summed E-state index contributed by atoms with van der Waals surface area (Å²) in [5, 5.41) is 0.532. The Morgan fingerprint density at radius 1 is 1.04 bits per heavy atom. The monoisotopic (exact) mass is 333 g/mol. The van der Waals surface area contributed by atoms with Crippen molar-refractivity contribution in [3.63, 3.8) is 0 Å². The average Bonchev–Trinajstić information content (AvgIpc) is 2.87. The van der Waals surface area contributed by atoms with Crippen LogP contribution in [0.15, 0.2) is 53.6 Å². The predicted molar refractivity (Wildman–Crippen MR) is 96.7 cm³/mol. The summed E-state index contributed by atoms with van der Waals surface area (Å²) in [4.78, 5) is 31.2. The van der Waals surface area contributed by atoms with Gasteiger partial charge in [0, 0.05) is 25.7 Å². The first-order chi connectivity index (χ1) is 12.1. The van der Waals surface area contributed by atoms with Gasteiger partial charge in [-0.1, -0.05) is 24.3 Å². The van der Waals surface area contributed by atoms with Crippen molar-refractivity contribution in [1.82, 2.24) is 14.5 Å². The van der Waals surface area contributed by atoms with Crippen LogP contribution in [-0.2, 0) is 19.9 Å². The van der Waals surface area contributed by atoms with Crippen LogP contribution in [0.3, 0.4) is 0 Å². The maximum atomic E-state index is 12.9.